The largest absolute Gasteiger partial charge is 0.297 e. The van der Waals surface area contributed by atoms with Crippen LogP contribution in [0.5, 0.6) is 0 Å². The van der Waals surface area contributed by atoms with Gasteiger partial charge in [-0.25, -0.2) is 0 Å². The van der Waals surface area contributed by atoms with E-state index < -0.39 is 10.1 Å². The normalized spacial score (nSPS) is 12.1. The van der Waals surface area contributed by atoms with Crippen LogP contribution in [0.25, 0.3) is 0 Å². The van der Waals surface area contributed by atoms with Crippen LogP contribution in [-0.4, -0.2) is 15.0 Å². The lowest BCUT2D eigenvalue weighted by Crippen LogP contribution is -2.12. The van der Waals surface area contributed by atoms with Gasteiger partial charge in [-0.3, -0.25) is 4.18 Å². The maximum absolute atomic E-state index is 11.9. The first kappa shape index (κ1) is 13.2. The first-order chi connectivity index (χ1) is 7.34. The lowest BCUT2D eigenvalue weighted by Gasteiger charge is -2.11. The van der Waals surface area contributed by atoms with Gasteiger partial charge in [-0.1, -0.05) is 26.0 Å². The number of hydrogen-bond acceptors (Lipinski definition) is 3. The van der Waals surface area contributed by atoms with Crippen LogP contribution in [-0.2, 0) is 14.3 Å². The first-order valence-corrected chi connectivity index (χ1v) is 6.71. The SMILES string of the molecule is Cc1cccc(S(=O)(=O)OCC(C)C)c1C. The molecule has 0 saturated carbocycles. The Labute approximate surface area is 97.6 Å². The second-order valence-corrected chi connectivity index (χ2v) is 5.91. The zero-order valence-electron chi connectivity index (χ0n) is 10.1. The van der Waals surface area contributed by atoms with E-state index in [0.717, 1.165) is 11.1 Å². The van der Waals surface area contributed by atoms with Crippen LogP contribution in [0.1, 0.15) is 25.0 Å². The Balaban J connectivity index is 3.03. The van der Waals surface area contributed by atoms with Crippen LogP contribution in [0.4, 0.5) is 0 Å². The molecule has 1 aromatic rings. The number of aryl methyl sites for hydroxylation is 1. The van der Waals surface area contributed by atoms with Crippen molar-refractivity contribution in [3.8, 4) is 0 Å². The summed E-state index contributed by atoms with van der Waals surface area (Å²) < 4.78 is 28.8. The van der Waals surface area contributed by atoms with Crippen molar-refractivity contribution >= 4 is 10.1 Å². The second-order valence-electron chi connectivity index (χ2n) is 4.33. The minimum Gasteiger partial charge on any atom is -0.266 e. The predicted molar refractivity (Wildman–Crippen MR) is 63.9 cm³/mol. The van der Waals surface area contributed by atoms with E-state index >= 15 is 0 Å². The molecule has 0 aliphatic carbocycles. The summed E-state index contributed by atoms with van der Waals surface area (Å²) in [6.07, 6.45) is 0. The van der Waals surface area contributed by atoms with Gasteiger partial charge >= 0.3 is 0 Å². The molecule has 0 amide bonds. The lowest BCUT2D eigenvalue weighted by molar-refractivity contribution is 0.275. The molecule has 0 bridgehead atoms. The molecule has 4 heteroatoms. The summed E-state index contributed by atoms with van der Waals surface area (Å²) in [6.45, 7) is 7.73. The number of benzene rings is 1. The monoisotopic (exact) mass is 242 g/mol. The van der Waals surface area contributed by atoms with Gasteiger partial charge in [-0.2, -0.15) is 8.42 Å². The Hall–Kier alpha value is -0.870. The standard InChI is InChI=1S/C12H18O3S/c1-9(2)8-15-16(13,14)12-7-5-6-10(3)11(12)4/h5-7,9H,8H2,1-4H3. The Morgan fingerprint density at radius 3 is 2.44 bits per heavy atom. The molecule has 1 rings (SSSR count). The molecule has 1 aromatic carbocycles. The van der Waals surface area contributed by atoms with E-state index in [-0.39, 0.29) is 17.4 Å². The highest BCUT2D eigenvalue weighted by molar-refractivity contribution is 7.86. The highest BCUT2D eigenvalue weighted by Crippen LogP contribution is 2.20. The Morgan fingerprint density at radius 1 is 1.25 bits per heavy atom. The third kappa shape index (κ3) is 3.06. The van der Waals surface area contributed by atoms with E-state index in [9.17, 15) is 8.42 Å². The summed E-state index contributed by atoms with van der Waals surface area (Å²) in [4.78, 5) is 0.271. The van der Waals surface area contributed by atoms with Crippen LogP contribution in [0.3, 0.4) is 0 Å². The van der Waals surface area contributed by atoms with Gasteiger partial charge in [0, 0.05) is 0 Å². The van der Waals surface area contributed by atoms with Crippen LogP contribution in [0.2, 0.25) is 0 Å². The highest BCUT2D eigenvalue weighted by Gasteiger charge is 2.18. The molecule has 0 aliphatic rings. The maximum Gasteiger partial charge on any atom is 0.297 e. The summed E-state index contributed by atoms with van der Waals surface area (Å²) in [6, 6.07) is 5.20. The Kier molecular flexibility index (Phi) is 4.10. The molecule has 0 aliphatic heterocycles. The number of rotatable bonds is 4. The van der Waals surface area contributed by atoms with Crippen molar-refractivity contribution in [1.82, 2.24) is 0 Å². The molecule has 16 heavy (non-hydrogen) atoms. The summed E-state index contributed by atoms with van der Waals surface area (Å²) in [5.41, 5.74) is 1.71. The zero-order valence-corrected chi connectivity index (χ0v) is 11.0. The van der Waals surface area contributed by atoms with Crippen LogP contribution in [0.15, 0.2) is 23.1 Å². The summed E-state index contributed by atoms with van der Waals surface area (Å²) in [5, 5.41) is 0. The van der Waals surface area contributed by atoms with E-state index in [1.165, 1.54) is 0 Å². The molecule has 3 nitrogen and oxygen atoms in total. The van der Waals surface area contributed by atoms with Gasteiger partial charge in [0.15, 0.2) is 0 Å². The van der Waals surface area contributed by atoms with Gasteiger partial charge in [-0.15, -0.1) is 0 Å². The molecule has 0 unspecified atom stereocenters. The highest BCUT2D eigenvalue weighted by atomic mass is 32.2. The average Bonchev–Trinajstić information content (AvgIpc) is 2.19. The molecular formula is C12H18O3S. The molecule has 0 atom stereocenters. The van der Waals surface area contributed by atoms with E-state index in [4.69, 9.17) is 4.18 Å². The average molecular weight is 242 g/mol. The van der Waals surface area contributed by atoms with Gasteiger partial charge in [0.1, 0.15) is 0 Å². The van der Waals surface area contributed by atoms with Crippen molar-refractivity contribution in [2.24, 2.45) is 5.92 Å². The fraction of sp³-hybridized carbons (Fsp3) is 0.500. The van der Waals surface area contributed by atoms with Gasteiger partial charge in [0.05, 0.1) is 11.5 Å². The summed E-state index contributed by atoms with van der Waals surface area (Å²) >= 11 is 0. The summed E-state index contributed by atoms with van der Waals surface area (Å²) in [5.74, 6) is 0.194. The van der Waals surface area contributed by atoms with Gasteiger partial charge in [0.2, 0.25) is 0 Å². The Morgan fingerprint density at radius 2 is 1.88 bits per heavy atom. The maximum atomic E-state index is 11.9. The predicted octanol–water partition coefficient (Wildman–Crippen LogP) is 2.66. The molecule has 0 saturated heterocycles. The van der Waals surface area contributed by atoms with Crippen molar-refractivity contribution in [3.05, 3.63) is 29.3 Å². The minimum absolute atomic E-state index is 0.194. The van der Waals surface area contributed by atoms with Crippen molar-refractivity contribution in [3.63, 3.8) is 0 Å². The number of hydrogen-bond donors (Lipinski definition) is 0. The Bertz CT molecular complexity index is 461. The third-order valence-corrected chi connectivity index (χ3v) is 3.81. The molecule has 0 aromatic heterocycles. The molecular weight excluding hydrogens is 224 g/mol. The fourth-order valence-electron chi connectivity index (χ4n) is 1.28. The summed E-state index contributed by atoms with van der Waals surface area (Å²) in [7, 11) is -3.61. The van der Waals surface area contributed by atoms with E-state index in [1.807, 2.05) is 26.8 Å². The quantitative estimate of drug-likeness (QED) is 0.762. The van der Waals surface area contributed by atoms with Gasteiger partial charge in [-0.05, 0) is 37.0 Å². The first-order valence-electron chi connectivity index (χ1n) is 5.30. The third-order valence-electron chi connectivity index (χ3n) is 2.38. The lowest BCUT2D eigenvalue weighted by atomic mass is 10.1. The van der Waals surface area contributed by atoms with Crippen molar-refractivity contribution in [2.45, 2.75) is 32.6 Å². The fourth-order valence-corrected chi connectivity index (χ4v) is 2.64. The smallest absolute Gasteiger partial charge is 0.266 e. The zero-order chi connectivity index (χ0) is 12.3. The van der Waals surface area contributed by atoms with Crippen molar-refractivity contribution in [1.29, 1.82) is 0 Å². The second kappa shape index (κ2) is 4.97. The van der Waals surface area contributed by atoms with E-state index in [1.54, 1.807) is 19.1 Å². The van der Waals surface area contributed by atoms with Gasteiger partial charge in [0.25, 0.3) is 10.1 Å². The molecule has 0 radical (unpaired) electrons. The minimum atomic E-state index is -3.61. The van der Waals surface area contributed by atoms with Crippen LogP contribution >= 0.6 is 0 Å². The van der Waals surface area contributed by atoms with Crippen molar-refractivity contribution < 1.29 is 12.6 Å². The van der Waals surface area contributed by atoms with Crippen molar-refractivity contribution in [2.75, 3.05) is 6.61 Å². The molecule has 0 fully saturated rings. The van der Waals surface area contributed by atoms with Crippen LogP contribution in [0, 0.1) is 19.8 Å². The topological polar surface area (TPSA) is 43.4 Å². The van der Waals surface area contributed by atoms with Crippen LogP contribution < -0.4 is 0 Å². The molecule has 0 spiro atoms. The molecule has 0 N–H and O–H groups in total. The molecule has 0 heterocycles. The van der Waals surface area contributed by atoms with E-state index in [2.05, 4.69) is 0 Å². The van der Waals surface area contributed by atoms with Gasteiger partial charge < -0.3 is 0 Å². The molecule has 90 valence electrons. The van der Waals surface area contributed by atoms with E-state index in [0.29, 0.717) is 0 Å².